The molecule has 4 nitrogen and oxygen atoms in total. The largest absolute Gasteiger partial charge is 0.492 e. The first kappa shape index (κ1) is 15.8. The lowest BCUT2D eigenvalue weighted by atomic mass is 10.0. The van der Waals surface area contributed by atoms with Crippen LogP contribution in [-0.2, 0) is 4.79 Å². The van der Waals surface area contributed by atoms with Gasteiger partial charge in [0.05, 0.1) is 6.54 Å². The van der Waals surface area contributed by atoms with Crippen molar-refractivity contribution >= 4 is 5.91 Å². The number of hydrogen-bond donors (Lipinski definition) is 1. The summed E-state index contributed by atoms with van der Waals surface area (Å²) in [4.78, 5) is 13.7. The van der Waals surface area contributed by atoms with E-state index >= 15 is 0 Å². The number of amides is 1. The van der Waals surface area contributed by atoms with E-state index in [0.717, 1.165) is 19.5 Å². The average molecular weight is 294 g/mol. The van der Waals surface area contributed by atoms with Gasteiger partial charge in [0.15, 0.2) is 0 Å². The van der Waals surface area contributed by atoms with Crippen molar-refractivity contribution in [3.63, 3.8) is 0 Å². The molecule has 0 spiro atoms. The zero-order valence-corrected chi connectivity index (χ0v) is 12.5. The van der Waals surface area contributed by atoms with Crippen molar-refractivity contribution in [3.05, 3.63) is 30.1 Å². The molecule has 0 aliphatic carbocycles. The predicted octanol–water partition coefficient (Wildman–Crippen LogP) is 2.05. The van der Waals surface area contributed by atoms with Crippen LogP contribution in [0.25, 0.3) is 0 Å². The number of rotatable bonds is 7. The molecule has 0 saturated carbocycles. The molecule has 21 heavy (non-hydrogen) atoms. The highest BCUT2D eigenvalue weighted by Gasteiger charge is 2.17. The number of nitrogens with one attached hydrogen (secondary N) is 1. The van der Waals surface area contributed by atoms with E-state index in [4.69, 9.17) is 4.74 Å². The van der Waals surface area contributed by atoms with Gasteiger partial charge in [0.1, 0.15) is 18.2 Å². The van der Waals surface area contributed by atoms with Gasteiger partial charge < -0.3 is 15.0 Å². The van der Waals surface area contributed by atoms with E-state index in [0.29, 0.717) is 31.2 Å². The first-order valence-corrected chi connectivity index (χ1v) is 7.48. The van der Waals surface area contributed by atoms with Crippen LogP contribution in [0.4, 0.5) is 4.39 Å². The molecule has 5 heteroatoms. The maximum atomic E-state index is 12.7. The first-order valence-electron chi connectivity index (χ1n) is 7.48. The van der Waals surface area contributed by atoms with Crippen LogP contribution in [0.3, 0.4) is 0 Å². The molecule has 1 aromatic carbocycles. The predicted molar refractivity (Wildman–Crippen MR) is 79.7 cm³/mol. The van der Waals surface area contributed by atoms with Gasteiger partial charge >= 0.3 is 0 Å². The maximum absolute atomic E-state index is 12.7. The third-order valence-electron chi connectivity index (χ3n) is 3.86. The molecule has 1 fully saturated rings. The van der Waals surface area contributed by atoms with Crippen molar-refractivity contribution in [1.82, 2.24) is 10.2 Å². The molecular formula is C16H23FN2O2. The summed E-state index contributed by atoms with van der Waals surface area (Å²) in [5.74, 6) is 1.13. The Balaban J connectivity index is 1.62. The molecule has 1 atom stereocenters. The Bertz CT molecular complexity index is 444. The van der Waals surface area contributed by atoms with Gasteiger partial charge in [-0.1, -0.05) is 0 Å². The number of halogens is 1. The molecule has 2 rings (SSSR count). The zero-order valence-electron chi connectivity index (χ0n) is 12.5. The normalized spacial score (nSPS) is 17.7. The smallest absolute Gasteiger partial charge is 0.222 e. The monoisotopic (exact) mass is 294 g/mol. The van der Waals surface area contributed by atoms with Crippen LogP contribution in [0.2, 0.25) is 0 Å². The average Bonchev–Trinajstić information content (AvgIpc) is 3.00. The Morgan fingerprint density at radius 3 is 2.86 bits per heavy atom. The first-order chi connectivity index (χ1) is 10.1. The van der Waals surface area contributed by atoms with Crippen molar-refractivity contribution in [2.24, 2.45) is 5.92 Å². The summed E-state index contributed by atoms with van der Waals surface area (Å²) >= 11 is 0. The van der Waals surface area contributed by atoms with Crippen molar-refractivity contribution in [2.75, 3.05) is 33.3 Å². The molecule has 1 heterocycles. The Morgan fingerprint density at radius 1 is 1.43 bits per heavy atom. The molecule has 1 amide bonds. The van der Waals surface area contributed by atoms with Crippen LogP contribution in [0.15, 0.2) is 24.3 Å². The molecule has 1 unspecified atom stereocenters. The van der Waals surface area contributed by atoms with Gasteiger partial charge in [-0.3, -0.25) is 4.79 Å². The quantitative estimate of drug-likeness (QED) is 0.837. The zero-order chi connectivity index (χ0) is 15.1. The van der Waals surface area contributed by atoms with Crippen LogP contribution in [0.1, 0.15) is 19.3 Å². The van der Waals surface area contributed by atoms with Crippen LogP contribution < -0.4 is 10.1 Å². The fourth-order valence-electron chi connectivity index (χ4n) is 2.44. The number of carbonyl (C=O) groups is 1. The molecule has 0 bridgehead atoms. The Labute approximate surface area is 125 Å². The number of likely N-dealkylation sites (N-methyl/N-ethyl adjacent to an activating group) is 1. The van der Waals surface area contributed by atoms with Gasteiger partial charge in [0.25, 0.3) is 0 Å². The van der Waals surface area contributed by atoms with E-state index < -0.39 is 0 Å². The van der Waals surface area contributed by atoms with Crippen molar-refractivity contribution < 1.29 is 13.9 Å². The number of hydrogen-bond acceptors (Lipinski definition) is 3. The molecule has 1 aromatic rings. The van der Waals surface area contributed by atoms with Crippen LogP contribution in [0, 0.1) is 11.7 Å². The summed E-state index contributed by atoms with van der Waals surface area (Å²) in [6.07, 6.45) is 2.72. The Morgan fingerprint density at radius 2 is 2.19 bits per heavy atom. The van der Waals surface area contributed by atoms with Crippen molar-refractivity contribution in [2.45, 2.75) is 19.3 Å². The topological polar surface area (TPSA) is 41.6 Å². The van der Waals surface area contributed by atoms with Crippen LogP contribution in [-0.4, -0.2) is 44.1 Å². The second-order valence-corrected chi connectivity index (χ2v) is 5.52. The summed E-state index contributed by atoms with van der Waals surface area (Å²) in [7, 11) is 1.79. The standard InChI is InChI=1S/C16H23FN2O2/c1-19(16(20)7-2-13-8-9-18-12-13)10-11-21-15-5-3-14(17)4-6-15/h3-6,13,18H,2,7-12H2,1H3. The second kappa shape index (κ2) is 7.98. The highest BCUT2D eigenvalue weighted by atomic mass is 19.1. The summed E-state index contributed by atoms with van der Waals surface area (Å²) in [6, 6.07) is 5.90. The fraction of sp³-hybridized carbons (Fsp3) is 0.562. The SMILES string of the molecule is CN(CCOc1ccc(F)cc1)C(=O)CCC1CCNC1. The minimum atomic E-state index is -0.281. The van der Waals surface area contributed by atoms with Gasteiger partial charge in [-0.15, -0.1) is 0 Å². The summed E-state index contributed by atoms with van der Waals surface area (Å²) < 4.78 is 18.2. The van der Waals surface area contributed by atoms with Gasteiger partial charge in [0.2, 0.25) is 5.91 Å². The Hall–Kier alpha value is -1.62. The molecule has 1 saturated heterocycles. The molecular weight excluding hydrogens is 271 g/mol. The minimum absolute atomic E-state index is 0.157. The van der Waals surface area contributed by atoms with E-state index in [2.05, 4.69) is 5.32 Å². The Kier molecular flexibility index (Phi) is 5.99. The van der Waals surface area contributed by atoms with Gasteiger partial charge in [-0.25, -0.2) is 4.39 Å². The highest BCUT2D eigenvalue weighted by molar-refractivity contribution is 5.75. The van der Waals surface area contributed by atoms with E-state index in [9.17, 15) is 9.18 Å². The molecule has 1 aliphatic heterocycles. The molecule has 0 aromatic heterocycles. The van der Waals surface area contributed by atoms with Crippen LogP contribution in [0.5, 0.6) is 5.75 Å². The van der Waals surface area contributed by atoms with Gasteiger partial charge in [-0.05, 0) is 56.1 Å². The number of nitrogens with zero attached hydrogens (tertiary/aromatic N) is 1. The van der Waals surface area contributed by atoms with Crippen molar-refractivity contribution in [3.8, 4) is 5.75 Å². The lowest BCUT2D eigenvalue weighted by molar-refractivity contribution is -0.130. The summed E-state index contributed by atoms with van der Waals surface area (Å²) in [5.41, 5.74) is 0. The number of benzene rings is 1. The molecule has 0 radical (unpaired) electrons. The molecule has 1 N–H and O–H groups in total. The van der Waals surface area contributed by atoms with E-state index in [-0.39, 0.29) is 11.7 Å². The summed E-state index contributed by atoms with van der Waals surface area (Å²) in [5, 5.41) is 3.31. The van der Waals surface area contributed by atoms with Gasteiger partial charge in [0, 0.05) is 13.5 Å². The van der Waals surface area contributed by atoms with Gasteiger partial charge in [-0.2, -0.15) is 0 Å². The maximum Gasteiger partial charge on any atom is 0.222 e. The van der Waals surface area contributed by atoms with E-state index in [1.54, 1.807) is 24.1 Å². The lowest BCUT2D eigenvalue weighted by Gasteiger charge is -2.18. The third-order valence-corrected chi connectivity index (χ3v) is 3.86. The second-order valence-electron chi connectivity index (χ2n) is 5.52. The highest BCUT2D eigenvalue weighted by Crippen LogP contribution is 2.15. The van der Waals surface area contributed by atoms with Crippen molar-refractivity contribution in [1.29, 1.82) is 0 Å². The third kappa shape index (κ3) is 5.34. The lowest BCUT2D eigenvalue weighted by Crippen LogP contribution is -2.31. The fourth-order valence-corrected chi connectivity index (χ4v) is 2.44. The van der Waals surface area contributed by atoms with Crippen LogP contribution >= 0.6 is 0 Å². The number of ether oxygens (including phenoxy) is 1. The molecule has 116 valence electrons. The molecule has 1 aliphatic rings. The van der Waals surface area contributed by atoms with E-state index in [1.165, 1.54) is 18.6 Å². The van der Waals surface area contributed by atoms with E-state index in [1.807, 2.05) is 0 Å². The number of carbonyl (C=O) groups excluding carboxylic acids is 1. The summed E-state index contributed by atoms with van der Waals surface area (Å²) in [6.45, 7) is 3.06. The minimum Gasteiger partial charge on any atom is -0.492 e.